The van der Waals surface area contributed by atoms with Gasteiger partial charge in [-0.1, -0.05) is 11.2 Å². The van der Waals surface area contributed by atoms with E-state index >= 15 is 0 Å². The van der Waals surface area contributed by atoms with E-state index in [4.69, 9.17) is 4.52 Å². The summed E-state index contributed by atoms with van der Waals surface area (Å²) in [5.74, 6) is 0.624. The van der Waals surface area contributed by atoms with Crippen molar-refractivity contribution in [3.05, 3.63) is 46.9 Å². The van der Waals surface area contributed by atoms with Crippen LogP contribution in [0.5, 0.6) is 0 Å². The molecule has 0 amide bonds. The molecule has 0 spiro atoms. The summed E-state index contributed by atoms with van der Waals surface area (Å²) >= 11 is 1.05. The van der Waals surface area contributed by atoms with E-state index in [1.807, 2.05) is 6.07 Å². The minimum Gasteiger partial charge on any atom is -0.332 e. The monoisotopic (exact) mass is 301 g/mol. The minimum atomic E-state index is -0.257. The maximum Gasteiger partial charge on any atom is 0.350 e. The predicted octanol–water partition coefficient (Wildman–Crippen LogP) is 0.446. The van der Waals surface area contributed by atoms with Crippen LogP contribution in [-0.4, -0.2) is 33.1 Å². The van der Waals surface area contributed by atoms with Gasteiger partial charge in [-0.05, 0) is 12.1 Å². The fourth-order valence-electron chi connectivity index (χ4n) is 1.89. The average Bonchev–Trinajstić information content (AvgIpc) is 3.21. The van der Waals surface area contributed by atoms with Gasteiger partial charge in [0.1, 0.15) is 6.54 Å². The highest BCUT2D eigenvalue weighted by Gasteiger charge is 2.14. The van der Waals surface area contributed by atoms with Crippen LogP contribution in [0.15, 0.2) is 39.9 Å². The van der Waals surface area contributed by atoms with Crippen molar-refractivity contribution >= 4 is 17.4 Å². The molecule has 4 rings (SSSR count). The van der Waals surface area contributed by atoms with Crippen molar-refractivity contribution in [2.45, 2.75) is 6.54 Å². The van der Waals surface area contributed by atoms with Gasteiger partial charge in [-0.2, -0.15) is 13.7 Å². The highest BCUT2D eigenvalue weighted by atomic mass is 32.1. The maximum atomic E-state index is 12.1. The van der Waals surface area contributed by atoms with Gasteiger partial charge in [0.05, 0.1) is 17.9 Å². The standard InChI is InChI=1S/C11H7N7O2S/c19-11-17-4-2-1-3-9(17)14-18(11)6-8-13-10(20-15-8)7-5-12-21-16-7/h1-5H,6H2. The van der Waals surface area contributed by atoms with Crippen molar-refractivity contribution in [1.82, 2.24) is 33.1 Å². The molecule has 0 unspecified atom stereocenters. The van der Waals surface area contributed by atoms with Crippen LogP contribution in [0.4, 0.5) is 0 Å². The van der Waals surface area contributed by atoms with Gasteiger partial charge in [0.2, 0.25) is 0 Å². The molecule has 0 atom stereocenters. The number of fused-ring (bicyclic) bond motifs is 1. The molecule has 4 heterocycles. The van der Waals surface area contributed by atoms with Gasteiger partial charge in [-0.3, -0.25) is 4.40 Å². The fourth-order valence-corrected chi connectivity index (χ4v) is 2.29. The normalized spacial score (nSPS) is 11.2. The second kappa shape index (κ2) is 4.59. The van der Waals surface area contributed by atoms with Crippen LogP contribution in [0.1, 0.15) is 5.82 Å². The molecule has 9 nitrogen and oxygen atoms in total. The van der Waals surface area contributed by atoms with E-state index in [-0.39, 0.29) is 18.1 Å². The second-order valence-corrected chi connectivity index (χ2v) is 4.73. The first kappa shape index (κ1) is 11.9. The smallest absolute Gasteiger partial charge is 0.332 e. The predicted molar refractivity (Wildman–Crippen MR) is 71.8 cm³/mol. The zero-order valence-corrected chi connectivity index (χ0v) is 11.3. The van der Waals surface area contributed by atoms with Crippen LogP contribution in [0, 0.1) is 0 Å². The number of hydrogen-bond donors (Lipinski definition) is 0. The van der Waals surface area contributed by atoms with Crippen LogP contribution in [0.25, 0.3) is 17.2 Å². The first-order valence-corrected chi connectivity index (χ1v) is 6.69. The molecule has 4 aromatic heterocycles. The topological polar surface area (TPSA) is 104 Å². The van der Waals surface area contributed by atoms with E-state index in [1.54, 1.807) is 24.5 Å². The van der Waals surface area contributed by atoms with Crippen molar-refractivity contribution < 1.29 is 4.52 Å². The molecular formula is C11H7N7O2S. The van der Waals surface area contributed by atoms with Crippen molar-refractivity contribution in [1.29, 1.82) is 0 Å². The highest BCUT2D eigenvalue weighted by Crippen LogP contribution is 2.14. The van der Waals surface area contributed by atoms with Crippen molar-refractivity contribution in [2.24, 2.45) is 0 Å². The number of aromatic nitrogens is 7. The summed E-state index contributed by atoms with van der Waals surface area (Å²) in [4.78, 5) is 16.3. The molecular weight excluding hydrogens is 294 g/mol. The zero-order valence-electron chi connectivity index (χ0n) is 10.4. The molecule has 4 aromatic rings. The molecule has 0 bridgehead atoms. The zero-order chi connectivity index (χ0) is 14.2. The molecule has 0 saturated carbocycles. The first-order chi connectivity index (χ1) is 10.3. The molecule has 0 radical (unpaired) electrons. The minimum absolute atomic E-state index is 0.127. The fraction of sp³-hybridized carbons (Fsp3) is 0.0909. The number of nitrogens with zero attached hydrogens (tertiary/aromatic N) is 7. The second-order valence-electron chi connectivity index (χ2n) is 4.18. The Hall–Kier alpha value is -2.88. The van der Waals surface area contributed by atoms with Crippen LogP contribution in [0.2, 0.25) is 0 Å². The Morgan fingerprint density at radius 3 is 3.10 bits per heavy atom. The Balaban J connectivity index is 1.69. The van der Waals surface area contributed by atoms with Gasteiger partial charge in [0.25, 0.3) is 5.89 Å². The quantitative estimate of drug-likeness (QED) is 0.541. The Bertz CT molecular complexity index is 952. The Morgan fingerprint density at radius 2 is 2.29 bits per heavy atom. The van der Waals surface area contributed by atoms with Gasteiger partial charge >= 0.3 is 5.69 Å². The maximum absolute atomic E-state index is 12.1. The lowest BCUT2D eigenvalue weighted by atomic mass is 10.5. The largest absolute Gasteiger partial charge is 0.350 e. The van der Waals surface area contributed by atoms with E-state index in [2.05, 4.69) is 24.0 Å². The molecule has 104 valence electrons. The summed E-state index contributed by atoms with van der Waals surface area (Å²) in [5, 5.41) is 8.02. The summed E-state index contributed by atoms with van der Waals surface area (Å²) in [7, 11) is 0. The molecule has 0 saturated heterocycles. The van der Waals surface area contributed by atoms with E-state index in [0.29, 0.717) is 17.2 Å². The summed E-state index contributed by atoms with van der Waals surface area (Å²) < 4.78 is 15.7. The summed E-state index contributed by atoms with van der Waals surface area (Å²) in [6.45, 7) is 0.127. The third kappa shape index (κ3) is 2.01. The van der Waals surface area contributed by atoms with Crippen LogP contribution in [0.3, 0.4) is 0 Å². The molecule has 10 heteroatoms. The van der Waals surface area contributed by atoms with Crippen LogP contribution >= 0.6 is 11.7 Å². The van der Waals surface area contributed by atoms with Gasteiger partial charge in [-0.25, -0.2) is 9.48 Å². The molecule has 21 heavy (non-hydrogen) atoms. The Labute approximate surface area is 120 Å². The molecule has 0 aliphatic carbocycles. The lowest BCUT2D eigenvalue weighted by molar-refractivity contribution is 0.417. The Kier molecular flexibility index (Phi) is 2.60. The first-order valence-electron chi connectivity index (χ1n) is 5.96. The Morgan fingerprint density at radius 1 is 1.33 bits per heavy atom. The van der Waals surface area contributed by atoms with Gasteiger partial charge < -0.3 is 4.52 Å². The molecule has 0 aliphatic heterocycles. The van der Waals surface area contributed by atoms with Crippen molar-refractivity contribution in [3.63, 3.8) is 0 Å². The lowest BCUT2D eigenvalue weighted by Crippen LogP contribution is -2.22. The third-order valence-electron chi connectivity index (χ3n) is 2.83. The van der Waals surface area contributed by atoms with Gasteiger partial charge in [-0.15, -0.1) is 5.10 Å². The van der Waals surface area contributed by atoms with Gasteiger partial charge in [0, 0.05) is 6.20 Å². The van der Waals surface area contributed by atoms with Crippen molar-refractivity contribution in [2.75, 3.05) is 0 Å². The molecule has 0 aliphatic rings. The van der Waals surface area contributed by atoms with E-state index < -0.39 is 0 Å². The summed E-state index contributed by atoms with van der Waals surface area (Å²) in [6.07, 6.45) is 3.20. The van der Waals surface area contributed by atoms with E-state index in [0.717, 1.165) is 11.7 Å². The van der Waals surface area contributed by atoms with Crippen LogP contribution < -0.4 is 5.69 Å². The molecule has 0 fully saturated rings. The van der Waals surface area contributed by atoms with E-state index in [9.17, 15) is 4.79 Å². The van der Waals surface area contributed by atoms with Crippen LogP contribution in [-0.2, 0) is 6.54 Å². The number of pyridine rings is 1. The average molecular weight is 301 g/mol. The number of rotatable bonds is 3. The van der Waals surface area contributed by atoms with Gasteiger partial charge in [0.15, 0.2) is 17.2 Å². The van der Waals surface area contributed by atoms with Crippen molar-refractivity contribution in [3.8, 4) is 11.6 Å². The third-order valence-corrected chi connectivity index (χ3v) is 3.31. The number of hydrogen-bond acceptors (Lipinski definition) is 8. The summed E-state index contributed by atoms with van der Waals surface area (Å²) in [6, 6.07) is 5.33. The summed E-state index contributed by atoms with van der Waals surface area (Å²) in [5.41, 5.74) is 0.822. The molecule has 0 N–H and O–H groups in total. The highest BCUT2D eigenvalue weighted by molar-refractivity contribution is 6.99. The molecule has 0 aromatic carbocycles. The lowest BCUT2D eigenvalue weighted by Gasteiger charge is -1.91. The SMILES string of the molecule is O=c1n(Cc2noc(-c3cnsn3)n2)nc2ccccn12. The van der Waals surface area contributed by atoms with E-state index in [1.165, 1.54) is 9.08 Å².